The summed E-state index contributed by atoms with van der Waals surface area (Å²) in [6.07, 6.45) is 0. The number of carbonyl (C=O) groups excluding carboxylic acids is 1. The Balaban J connectivity index is 2.02. The highest BCUT2D eigenvalue weighted by Gasteiger charge is 2.20. The van der Waals surface area contributed by atoms with Crippen molar-refractivity contribution in [2.45, 2.75) is 18.7 Å². The number of nitrogens with zero attached hydrogens (tertiary/aromatic N) is 1. The maximum Gasteiger partial charge on any atom is 0.270 e. The first-order valence-corrected chi connectivity index (χ1v) is 8.99. The van der Waals surface area contributed by atoms with Crippen molar-refractivity contribution in [1.29, 1.82) is 0 Å². The number of fused-ring (bicyclic) bond motifs is 1. The quantitative estimate of drug-likeness (QED) is 0.413. The van der Waals surface area contributed by atoms with Crippen LogP contribution in [0.1, 0.15) is 23.0 Å². The molecule has 0 aliphatic carbocycles. The molecule has 1 N–H and O–H groups in total. The number of hydrogen-bond acceptors (Lipinski definition) is 6. The summed E-state index contributed by atoms with van der Waals surface area (Å²) in [7, 11) is -4.03. The minimum absolute atomic E-state index is 0.194. The third-order valence-corrected chi connectivity index (χ3v) is 5.19. The first-order chi connectivity index (χ1) is 12.2. The van der Waals surface area contributed by atoms with Crippen LogP contribution in [0.15, 0.2) is 51.8 Å². The van der Waals surface area contributed by atoms with Crippen LogP contribution in [0, 0.1) is 17.0 Å². The van der Waals surface area contributed by atoms with Crippen LogP contribution in [-0.2, 0) is 10.0 Å². The Bertz CT molecular complexity index is 1150. The molecule has 1 heterocycles. The summed E-state index contributed by atoms with van der Waals surface area (Å²) < 4.78 is 32.9. The molecule has 0 radical (unpaired) electrons. The van der Waals surface area contributed by atoms with E-state index in [2.05, 4.69) is 4.72 Å². The largest absolute Gasteiger partial charge is 0.461 e. The van der Waals surface area contributed by atoms with Crippen LogP contribution in [0.5, 0.6) is 0 Å². The van der Waals surface area contributed by atoms with Crippen molar-refractivity contribution in [3.8, 4) is 0 Å². The first-order valence-electron chi connectivity index (χ1n) is 7.50. The molecule has 134 valence electrons. The van der Waals surface area contributed by atoms with Crippen LogP contribution in [0.2, 0.25) is 0 Å². The Kier molecular flexibility index (Phi) is 4.25. The molecule has 3 aromatic rings. The van der Waals surface area contributed by atoms with E-state index in [1.807, 2.05) is 0 Å². The van der Waals surface area contributed by atoms with Gasteiger partial charge in [-0.1, -0.05) is 6.07 Å². The highest BCUT2D eigenvalue weighted by atomic mass is 32.2. The Morgan fingerprint density at radius 3 is 2.58 bits per heavy atom. The van der Waals surface area contributed by atoms with E-state index in [9.17, 15) is 23.3 Å². The Hall–Kier alpha value is -3.20. The zero-order chi connectivity index (χ0) is 19.1. The Labute approximate surface area is 148 Å². The van der Waals surface area contributed by atoms with Gasteiger partial charge in [0.2, 0.25) is 0 Å². The molecule has 0 amide bonds. The molecule has 0 bridgehead atoms. The molecule has 0 fully saturated rings. The lowest BCUT2D eigenvalue weighted by molar-refractivity contribution is -0.385. The normalized spacial score (nSPS) is 11.5. The van der Waals surface area contributed by atoms with Gasteiger partial charge in [0.1, 0.15) is 11.3 Å². The topological polar surface area (TPSA) is 120 Å². The number of anilines is 1. The lowest BCUT2D eigenvalue weighted by Crippen LogP contribution is -2.13. The van der Waals surface area contributed by atoms with Crippen molar-refractivity contribution < 1.29 is 22.6 Å². The summed E-state index contributed by atoms with van der Waals surface area (Å²) in [5.74, 6) is 0.256. The molecule has 9 heteroatoms. The van der Waals surface area contributed by atoms with Gasteiger partial charge in [-0.25, -0.2) is 8.42 Å². The number of Topliss-reactive ketones (excluding diaryl/α,β-unsaturated/α-hetero) is 1. The monoisotopic (exact) mass is 374 g/mol. The standard InChI is InChI=1S/C17H14N2O6S/c1-10(20)17-11(2)25-16-7-6-12(8-15(16)17)18-26(23,24)14-5-3-4-13(9-14)19(21)22/h3-9,18H,1-2H3. The number of benzene rings is 2. The van der Waals surface area contributed by atoms with Gasteiger partial charge in [-0.05, 0) is 38.1 Å². The molecule has 0 unspecified atom stereocenters. The molecule has 0 spiro atoms. The molecule has 0 atom stereocenters. The highest BCUT2D eigenvalue weighted by Crippen LogP contribution is 2.29. The third kappa shape index (κ3) is 3.16. The molecule has 0 aliphatic rings. The van der Waals surface area contributed by atoms with Crippen LogP contribution < -0.4 is 4.72 Å². The van der Waals surface area contributed by atoms with Gasteiger partial charge in [-0.3, -0.25) is 19.6 Å². The van der Waals surface area contributed by atoms with E-state index in [-0.39, 0.29) is 22.1 Å². The summed E-state index contributed by atoms with van der Waals surface area (Å²) in [5, 5.41) is 11.3. The summed E-state index contributed by atoms with van der Waals surface area (Å²) in [6, 6.07) is 9.28. The van der Waals surface area contributed by atoms with Crippen LogP contribution in [0.4, 0.5) is 11.4 Å². The van der Waals surface area contributed by atoms with E-state index in [4.69, 9.17) is 4.42 Å². The fourth-order valence-corrected chi connectivity index (χ4v) is 3.79. The van der Waals surface area contributed by atoms with Crippen molar-refractivity contribution in [2.75, 3.05) is 4.72 Å². The Morgan fingerprint density at radius 1 is 1.19 bits per heavy atom. The lowest BCUT2D eigenvalue weighted by Gasteiger charge is -2.08. The molecule has 2 aromatic carbocycles. The van der Waals surface area contributed by atoms with Crippen molar-refractivity contribution in [2.24, 2.45) is 0 Å². The van der Waals surface area contributed by atoms with Crippen molar-refractivity contribution in [3.05, 3.63) is 63.9 Å². The molecular weight excluding hydrogens is 360 g/mol. The summed E-state index contributed by atoms with van der Waals surface area (Å²) in [6.45, 7) is 3.06. The molecule has 26 heavy (non-hydrogen) atoms. The second-order valence-corrected chi connectivity index (χ2v) is 7.34. The van der Waals surface area contributed by atoms with Crippen LogP contribution in [0.3, 0.4) is 0 Å². The summed E-state index contributed by atoms with van der Waals surface area (Å²) in [5.41, 5.74) is 0.738. The predicted molar refractivity (Wildman–Crippen MR) is 94.9 cm³/mol. The number of hydrogen-bond donors (Lipinski definition) is 1. The van der Waals surface area contributed by atoms with Gasteiger partial charge in [0.25, 0.3) is 15.7 Å². The number of nitro benzene ring substituents is 1. The fourth-order valence-electron chi connectivity index (χ4n) is 2.70. The second-order valence-electron chi connectivity index (χ2n) is 5.66. The van der Waals surface area contributed by atoms with Crippen molar-refractivity contribution in [3.63, 3.8) is 0 Å². The van der Waals surface area contributed by atoms with Gasteiger partial charge in [0.05, 0.1) is 15.4 Å². The molecule has 0 aliphatic heterocycles. The van der Waals surface area contributed by atoms with E-state index in [1.54, 1.807) is 13.0 Å². The SMILES string of the molecule is CC(=O)c1c(C)oc2ccc(NS(=O)(=O)c3cccc([N+](=O)[O-])c3)cc12. The molecule has 0 saturated carbocycles. The predicted octanol–water partition coefficient (Wildman–Crippen LogP) is 3.65. The van der Waals surface area contributed by atoms with Gasteiger partial charge in [-0.2, -0.15) is 0 Å². The molecule has 8 nitrogen and oxygen atoms in total. The first kappa shape index (κ1) is 17.6. The van der Waals surface area contributed by atoms with E-state index in [1.165, 1.54) is 37.3 Å². The minimum atomic E-state index is -4.03. The molecule has 3 rings (SSSR count). The number of nitrogens with one attached hydrogen (secondary N) is 1. The van der Waals surface area contributed by atoms with E-state index < -0.39 is 14.9 Å². The summed E-state index contributed by atoms with van der Waals surface area (Å²) >= 11 is 0. The maximum atomic E-state index is 12.5. The number of ketones is 1. The smallest absolute Gasteiger partial charge is 0.270 e. The highest BCUT2D eigenvalue weighted by molar-refractivity contribution is 7.92. The van der Waals surface area contributed by atoms with Crippen LogP contribution in [0.25, 0.3) is 11.0 Å². The molecule has 1 aromatic heterocycles. The van der Waals surface area contributed by atoms with Gasteiger partial charge in [0, 0.05) is 23.2 Å². The van der Waals surface area contributed by atoms with Gasteiger partial charge < -0.3 is 4.42 Å². The number of furan rings is 1. The average molecular weight is 374 g/mol. The molecule has 0 saturated heterocycles. The maximum absolute atomic E-state index is 12.5. The number of sulfonamides is 1. The van der Waals surface area contributed by atoms with Gasteiger partial charge >= 0.3 is 0 Å². The number of non-ortho nitro benzene ring substituents is 1. The lowest BCUT2D eigenvalue weighted by atomic mass is 10.1. The van der Waals surface area contributed by atoms with Crippen LogP contribution >= 0.6 is 0 Å². The van der Waals surface area contributed by atoms with Crippen molar-refractivity contribution >= 4 is 38.2 Å². The zero-order valence-electron chi connectivity index (χ0n) is 13.8. The van der Waals surface area contributed by atoms with E-state index in [0.717, 1.165) is 6.07 Å². The summed E-state index contributed by atoms with van der Waals surface area (Å²) in [4.78, 5) is 21.7. The zero-order valence-corrected chi connectivity index (χ0v) is 14.7. The van der Waals surface area contributed by atoms with Gasteiger partial charge in [-0.15, -0.1) is 0 Å². The van der Waals surface area contributed by atoms with Gasteiger partial charge in [0.15, 0.2) is 5.78 Å². The number of nitro groups is 1. The fraction of sp³-hybridized carbons (Fsp3) is 0.118. The van der Waals surface area contributed by atoms with E-state index >= 15 is 0 Å². The third-order valence-electron chi connectivity index (χ3n) is 3.81. The number of carbonyl (C=O) groups is 1. The Morgan fingerprint density at radius 2 is 1.92 bits per heavy atom. The second kappa shape index (κ2) is 6.26. The average Bonchev–Trinajstić information content (AvgIpc) is 2.89. The van der Waals surface area contributed by atoms with E-state index in [0.29, 0.717) is 22.3 Å². The van der Waals surface area contributed by atoms with Crippen LogP contribution in [-0.4, -0.2) is 19.1 Å². The van der Waals surface area contributed by atoms with Crippen molar-refractivity contribution in [1.82, 2.24) is 0 Å². The minimum Gasteiger partial charge on any atom is -0.461 e. The molecular formula is C17H14N2O6S. The number of aryl methyl sites for hydroxylation is 1. The number of rotatable bonds is 5.